The van der Waals surface area contributed by atoms with Crippen molar-refractivity contribution in [1.82, 2.24) is 0 Å². The van der Waals surface area contributed by atoms with E-state index in [-0.39, 0.29) is 47.2 Å². The molecule has 4 N–H and O–H groups in total. The lowest BCUT2D eigenvalue weighted by atomic mass is 9.53. The zero-order valence-electron chi connectivity index (χ0n) is 26.1. The maximum absolute atomic E-state index is 12.8. The predicted octanol–water partition coefficient (Wildman–Crippen LogP) is 5.44. The molecule has 234 valence electrons. The molecular formula is C32H47NO8S. The number of hydrogen-bond donors (Lipinski definition) is 4. The van der Waals surface area contributed by atoms with Crippen molar-refractivity contribution in [1.29, 1.82) is 0 Å². The molecule has 4 aliphatic rings. The average Bonchev–Trinajstić information content (AvgIpc) is 2.90. The first-order valence-electron chi connectivity index (χ1n) is 15.3. The highest BCUT2D eigenvalue weighted by Crippen LogP contribution is 2.65. The van der Waals surface area contributed by atoms with Crippen LogP contribution in [0, 0.1) is 17.3 Å². The van der Waals surface area contributed by atoms with Gasteiger partial charge in [0.05, 0.1) is 40.9 Å². The Balaban J connectivity index is 1.64. The van der Waals surface area contributed by atoms with E-state index in [2.05, 4.69) is 12.2 Å². The number of nitrogens with one attached hydrogen (secondary N) is 1. The summed E-state index contributed by atoms with van der Waals surface area (Å²) in [7, 11) is 0. The first-order chi connectivity index (χ1) is 19.5. The lowest BCUT2D eigenvalue weighted by molar-refractivity contribution is -0.256. The lowest BCUT2D eigenvalue weighted by Crippen LogP contribution is -2.64. The number of aromatic hydroxyl groups is 1. The van der Waals surface area contributed by atoms with Gasteiger partial charge in [0.1, 0.15) is 11.7 Å². The van der Waals surface area contributed by atoms with Crippen molar-refractivity contribution >= 4 is 29.3 Å². The molecule has 3 aliphatic heterocycles. The molecule has 9 nitrogen and oxygen atoms in total. The van der Waals surface area contributed by atoms with Crippen LogP contribution in [0.1, 0.15) is 111 Å². The van der Waals surface area contributed by atoms with Crippen molar-refractivity contribution in [2.45, 2.75) is 134 Å². The Bertz CT molecular complexity index is 1260. The van der Waals surface area contributed by atoms with Crippen LogP contribution in [0.15, 0.2) is 4.90 Å². The van der Waals surface area contributed by atoms with Crippen LogP contribution in [-0.4, -0.2) is 62.5 Å². The summed E-state index contributed by atoms with van der Waals surface area (Å²) < 4.78 is 19.1. The molecule has 9 atom stereocenters. The molecule has 3 heterocycles. The van der Waals surface area contributed by atoms with Gasteiger partial charge in [-0.05, 0) is 52.4 Å². The summed E-state index contributed by atoms with van der Waals surface area (Å²) in [6.45, 7) is 15.0. The van der Waals surface area contributed by atoms with Crippen molar-refractivity contribution in [2.75, 3.05) is 11.1 Å². The van der Waals surface area contributed by atoms with Crippen LogP contribution >= 0.6 is 11.8 Å². The summed E-state index contributed by atoms with van der Waals surface area (Å²) in [4.78, 5) is 25.5. The van der Waals surface area contributed by atoms with Crippen molar-refractivity contribution in [3.05, 3.63) is 11.1 Å². The number of benzene rings is 1. The highest BCUT2D eigenvalue weighted by molar-refractivity contribution is 8.00. The zero-order valence-corrected chi connectivity index (χ0v) is 26.9. The average molecular weight is 606 g/mol. The molecule has 1 aromatic rings. The Hall–Kier alpha value is -2.01. The minimum Gasteiger partial charge on any atom is -0.504 e. The van der Waals surface area contributed by atoms with E-state index in [9.17, 15) is 24.9 Å². The Kier molecular flexibility index (Phi) is 8.12. The molecule has 2 fully saturated rings. The molecule has 1 saturated carbocycles. The monoisotopic (exact) mass is 605 g/mol. The number of carbonyl (C=O) groups is 2. The molecule has 0 bridgehead atoms. The van der Waals surface area contributed by atoms with Crippen LogP contribution in [0.4, 0.5) is 5.69 Å². The molecule has 1 amide bonds. The summed E-state index contributed by atoms with van der Waals surface area (Å²) in [5.41, 5.74) is -0.850. The summed E-state index contributed by atoms with van der Waals surface area (Å²) in [6, 6.07) is 0. The van der Waals surface area contributed by atoms with E-state index >= 15 is 0 Å². The van der Waals surface area contributed by atoms with Crippen molar-refractivity contribution in [3.8, 4) is 11.5 Å². The smallest absolute Gasteiger partial charge is 0.302 e. The number of esters is 1. The second kappa shape index (κ2) is 10.9. The van der Waals surface area contributed by atoms with Gasteiger partial charge in [0, 0.05) is 34.6 Å². The number of ether oxygens (including phenoxy) is 3. The van der Waals surface area contributed by atoms with Gasteiger partial charge >= 0.3 is 5.97 Å². The third-order valence-electron chi connectivity index (χ3n) is 10.5. The van der Waals surface area contributed by atoms with Gasteiger partial charge in [0.2, 0.25) is 5.91 Å². The summed E-state index contributed by atoms with van der Waals surface area (Å²) >= 11 is 1.32. The van der Waals surface area contributed by atoms with Crippen LogP contribution in [0.2, 0.25) is 0 Å². The molecule has 5 rings (SSSR count). The number of aliphatic hydroxyl groups is 2. The largest absolute Gasteiger partial charge is 0.504 e. The third kappa shape index (κ3) is 5.00. The normalized spacial score (nSPS) is 34.4. The first-order valence-corrected chi connectivity index (χ1v) is 16.3. The maximum atomic E-state index is 12.8. The third-order valence-corrected chi connectivity index (χ3v) is 11.7. The molecule has 10 heteroatoms. The fraction of sp³-hybridized carbons (Fsp3) is 0.750. The van der Waals surface area contributed by atoms with E-state index in [1.165, 1.54) is 18.7 Å². The van der Waals surface area contributed by atoms with Crippen LogP contribution in [0.25, 0.3) is 0 Å². The molecule has 42 heavy (non-hydrogen) atoms. The zero-order chi connectivity index (χ0) is 30.9. The maximum Gasteiger partial charge on any atom is 0.302 e. The Morgan fingerprint density at radius 2 is 1.93 bits per heavy atom. The number of rotatable bonds is 6. The predicted molar refractivity (Wildman–Crippen MR) is 160 cm³/mol. The van der Waals surface area contributed by atoms with Gasteiger partial charge in [-0.25, -0.2) is 0 Å². The summed E-state index contributed by atoms with van der Waals surface area (Å²) in [5, 5.41) is 37.9. The standard InChI is InChI=1S/C32H47NO8S/c1-9-15(2)26(39-17(4)34)16(3)21-24(36)27-22(23-28(21)42-14-20(35)33-23)25(37)29-31(7)12-10-18(30(5,6)38)40-19(31)11-13-32(29,8)41-27/h15-16,18-19,25-26,29,36-38H,9-14H2,1-8H3,(H,33,35)/t15-,16-,18+,19+,25+,26+,29+,31-,32+/m0/s1. The van der Waals surface area contributed by atoms with Gasteiger partial charge in [0.15, 0.2) is 11.5 Å². The molecule has 0 radical (unpaired) electrons. The van der Waals surface area contributed by atoms with E-state index in [1.807, 2.05) is 27.7 Å². The van der Waals surface area contributed by atoms with E-state index in [4.69, 9.17) is 14.2 Å². The quantitative estimate of drug-likeness (QED) is 0.247. The van der Waals surface area contributed by atoms with Crippen LogP contribution in [-0.2, 0) is 19.1 Å². The van der Waals surface area contributed by atoms with Gasteiger partial charge in [-0.15, -0.1) is 11.8 Å². The number of amides is 1. The molecule has 1 aliphatic carbocycles. The van der Waals surface area contributed by atoms with Crippen LogP contribution in [0.3, 0.4) is 0 Å². The minimum absolute atomic E-state index is 0.0147. The Labute approximate surface area is 253 Å². The molecule has 1 aromatic carbocycles. The molecule has 0 unspecified atom stereocenters. The number of anilines is 1. The number of thioether (sulfide) groups is 1. The number of phenols is 1. The lowest BCUT2D eigenvalue weighted by Gasteiger charge is -2.61. The fourth-order valence-electron chi connectivity index (χ4n) is 8.20. The Morgan fingerprint density at radius 3 is 2.55 bits per heavy atom. The molecule has 1 saturated heterocycles. The number of aliphatic hydroxyl groups excluding tert-OH is 1. The van der Waals surface area contributed by atoms with Gasteiger partial charge in [-0.3, -0.25) is 9.59 Å². The van der Waals surface area contributed by atoms with Gasteiger partial charge in [-0.1, -0.05) is 34.1 Å². The Morgan fingerprint density at radius 1 is 1.24 bits per heavy atom. The van der Waals surface area contributed by atoms with Crippen molar-refractivity contribution in [2.24, 2.45) is 17.3 Å². The second-order valence-corrected chi connectivity index (χ2v) is 15.0. The van der Waals surface area contributed by atoms with E-state index < -0.39 is 40.7 Å². The van der Waals surface area contributed by atoms with Crippen LogP contribution in [0.5, 0.6) is 11.5 Å². The summed E-state index contributed by atoms with van der Waals surface area (Å²) in [6.07, 6.45) is 1.36. The fourth-order valence-corrected chi connectivity index (χ4v) is 9.29. The number of hydrogen-bond acceptors (Lipinski definition) is 9. The topological polar surface area (TPSA) is 135 Å². The molecule has 0 spiro atoms. The number of phenolic OH excluding ortho intramolecular Hbond substituents is 1. The van der Waals surface area contributed by atoms with Crippen molar-refractivity contribution in [3.63, 3.8) is 0 Å². The van der Waals surface area contributed by atoms with Crippen LogP contribution < -0.4 is 10.1 Å². The van der Waals surface area contributed by atoms with Gasteiger partial charge < -0.3 is 34.8 Å². The summed E-state index contributed by atoms with van der Waals surface area (Å²) in [5.74, 6) is -1.10. The molecule has 0 aromatic heterocycles. The highest BCUT2D eigenvalue weighted by atomic mass is 32.2. The van der Waals surface area contributed by atoms with Gasteiger partial charge in [0.25, 0.3) is 0 Å². The number of carbonyl (C=O) groups excluding carboxylic acids is 2. The van der Waals surface area contributed by atoms with E-state index in [1.54, 1.807) is 13.8 Å². The minimum atomic E-state index is -1.05. The molecular weight excluding hydrogens is 558 g/mol. The van der Waals surface area contributed by atoms with E-state index in [0.717, 1.165) is 12.8 Å². The van der Waals surface area contributed by atoms with Crippen molar-refractivity contribution < 1.29 is 39.1 Å². The SMILES string of the molecule is CC[C@H](C)[C@@H](OC(C)=O)[C@@H](C)c1c(O)c2c(c3c1SCC(=O)N3)[C@@H](O)[C@@H]1[C@@]3(C)CC[C@H](C(C)(C)O)O[C@@H]3CC[C@@]1(C)O2. The van der Waals surface area contributed by atoms with Gasteiger partial charge in [-0.2, -0.15) is 0 Å². The first kappa shape index (κ1) is 31.4. The second-order valence-electron chi connectivity index (χ2n) is 14.0. The van der Waals surface area contributed by atoms with E-state index in [0.29, 0.717) is 41.0 Å². The number of fused-ring (bicyclic) bond motifs is 6. The highest BCUT2D eigenvalue weighted by Gasteiger charge is 2.63.